The summed E-state index contributed by atoms with van der Waals surface area (Å²) in [6.07, 6.45) is 0.870. The zero-order valence-electron chi connectivity index (χ0n) is 15.1. The fraction of sp³-hybridized carbons (Fsp3) is 0.130. The average molecular weight is 359 g/mol. The van der Waals surface area contributed by atoms with Crippen LogP contribution in [0.1, 0.15) is 34.1 Å². The maximum Gasteiger partial charge on any atom is 0.335 e. The number of benzene rings is 3. The molecule has 0 aromatic heterocycles. The van der Waals surface area contributed by atoms with E-state index >= 15 is 0 Å². The summed E-state index contributed by atoms with van der Waals surface area (Å²) in [6, 6.07) is 23.8. The van der Waals surface area contributed by atoms with E-state index in [-0.39, 0.29) is 11.5 Å². The van der Waals surface area contributed by atoms with Crippen LogP contribution in [0, 0.1) is 0 Å². The first kappa shape index (κ1) is 18.4. The molecule has 27 heavy (non-hydrogen) atoms. The lowest BCUT2D eigenvalue weighted by Gasteiger charge is -2.22. The third kappa shape index (κ3) is 4.23. The number of hydrogen-bond donors (Lipinski definition) is 1. The standard InChI is InChI=1S/C23H21NO3/c1-2-16-24(21-6-4-3-5-7-21)22(25)19-12-8-17(9-13-19)18-10-14-20(15-11-18)23(26)27/h3-15H,2,16H2,1H3,(H,26,27). The van der Waals surface area contributed by atoms with Crippen LogP contribution in [0.5, 0.6) is 0 Å². The van der Waals surface area contributed by atoms with Gasteiger partial charge in [-0.15, -0.1) is 0 Å². The molecule has 0 aliphatic heterocycles. The van der Waals surface area contributed by atoms with Crippen molar-refractivity contribution in [2.75, 3.05) is 11.4 Å². The van der Waals surface area contributed by atoms with Gasteiger partial charge in [0.05, 0.1) is 5.56 Å². The van der Waals surface area contributed by atoms with E-state index < -0.39 is 5.97 Å². The summed E-state index contributed by atoms with van der Waals surface area (Å²) in [5.41, 5.74) is 3.61. The summed E-state index contributed by atoms with van der Waals surface area (Å²) in [4.78, 5) is 25.7. The number of para-hydroxylation sites is 1. The van der Waals surface area contributed by atoms with Gasteiger partial charge in [0, 0.05) is 17.8 Å². The Kier molecular flexibility index (Phi) is 5.67. The molecular weight excluding hydrogens is 338 g/mol. The van der Waals surface area contributed by atoms with Gasteiger partial charge in [-0.2, -0.15) is 0 Å². The Labute approximate surface area is 158 Å². The zero-order chi connectivity index (χ0) is 19.2. The fourth-order valence-corrected chi connectivity index (χ4v) is 2.95. The van der Waals surface area contributed by atoms with Crippen LogP contribution < -0.4 is 4.90 Å². The second-order valence-corrected chi connectivity index (χ2v) is 6.25. The first-order valence-corrected chi connectivity index (χ1v) is 8.91. The van der Waals surface area contributed by atoms with Gasteiger partial charge in [0.1, 0.15) is 0 Å². The SMILES string of the molecule is CCCN(C(=O)c1ccc(-c2ccc(C(=O)O)cc2)cc1)c1ccccc1. The van der Waals surface area contributed by atoms with Crippen molar-refractivity contribution < 1.29 is 14.7 Å². The highest BCUT2D eigenvalue weighted by atomic mass is 16.4. The van der Waals surface area contributed by atoms with Crippen LogP contribution >= 0.6 is 0 Å². The molecule has 0 unspecified atom stereocenters. The minimum atomic E-state index is -0.945. The van der Waals surface area contributed by atoms with Crippen molar-refractivity contribution in [3.63, 3.8) is 0 Å². The second-order valence-electron chi connectivity index (χ2n) is 6.25. The van der Waals surface area contributed by atoms with Crippen molar-refractivity contribution in [1.29, 1.82) is 0 Å². The van der Waals surface area contributed by atoms with Crippen LogP contribution in [0.3, 0.4) is 0 Å². The summed E-state index contributed by atoms with van der Waals surface area (Å²) < 4.78 is 0. The zero-order valence-corrected chi connectivity index (χ0v) is 15.1. The number of amides is 1. The molecule has 3 aromatic carbocycles. The van der Waals surface area contributed by atoms with E-state index in [9.17, 15) is 9.59 Å². The normalized spacial score (nSPS) is 10.4. The number of carbonyl (C=O) groups is 2. The van der Waals surface area contributed by atoms with Crippen molar-refractivity contribution in [1.82, 2.24) is 0 Å². The van der Waals surface area contributed by atoms with Gasteiger partial charge in [0.2, 0.25) is 0 Å². The molecule has 0 spiro atoms. The molecule has 0 atom stereocenters. The monoisotopic (exact) mass is 359 g/mol. The van der Waals surface area contributed by atoms with Gasteiger partial charge in [0.15, 0.2) is 0 Å². The minimum absolute atomic E-state index is 0.0316. The molecule has 0 heterocycles. The molecule has 4 nitrogen and oxygen atoms in total. The Morgan fingerprint density at radius 3 is 1.78 bits per heavy atom. The van der Waals surface area contributed by atoms with Crippen molar-refractivity contribution >= 4 is 17.6 Å². The molecule has 0 aliphatic carbocycles. The lowest BCUT2D eigenvalue weighted by Crippen LogP contribution is -2.31. The molecule has 1 N–H and O–H groups in total. The first-order chi connectivity index (χ1) is 13.1. The van der Waals surface area contributed by atoms with Crippen molar-refractivity contribution in [2.24, 2.45) is 0 Å². The summed E-state index contributed by atoms with van der Waals surface area (Å²) in [6.45, 7) is 2.70. The maximum atomic E-state index is 13.0. The van der Waals surface area contributed by atoms with Crippen LogP contribution in [0.2, 0.25) is 0 Å². The average Bonchev–Trinajstić information content (AvgIpc) is 2.72. The summed E-state index contributed by atoms with van der Waals surface area (Å²) in [7, 11) is 0. The van der Waals surface area contributed by atoms with Crippen molar-refractivity contribution in [3.8, 4) is 11.1 Å². The van der Waals surface area contributed by atoms with E-state index in [1.807, 2.05) is 61.5 Å². The molecule has 3 rings (SSSR count). The number of anilines is 1. The highest BCUT2D eigenvalue weighted by Gasteiger charge is 2.16. The van der Waals surface area contributed by atoms with E-state index in [4.69, 9.17) is 5.11 Å². The number of hydrogen-bond acceptors (Lipinski definition) is 2. The van der Waals surface area contributed by atoms with Gasteiger partial charge in [-0.1, -0.05) is 49.4 Å². The maximum absolute atomic E-state index is 13.0. The van der Waals surface area contributed by atoms with E-state index in [0.29, 0.717) is 12.1 Å². The number of rotatable bonds is 6. The van der Waals surface area contributed by atoms with Crippen molar-refractivity contribution in [2.45, 2.75) is 13.3 Å². The fourth-order valence-electron chi connectivity index (χ4n) is 2.95. The van der Waals surface area contributed by atoms with E-state index in [1.165, 1.54) is 0 Å². The Balaban J connectivity index is 1.83. The van der Waals surface area contributed by atoms with E-state index in [0.717, 1.165) is 23.2 Å². The second kappa shape index (κ2) is 8.32. The van der Waals surface area contributed by atoms with Crippen LogP contribution in [0.15, 0.2) is 78.9 Å². The minimum Gasteiger partial charge on any atom is -0.478 e. The van der Waals surface area contributed by atoms with Gasteiger partial charge in [0.25, 0.3) is 5.91 Å². The first-order valence-electron chi connectivity index (χ1n) is 8.91. The number of aromatic carboxylic acids is 1. The summed E-state index contributed by atoms with van der Waals surface area (Å²) in [5.74, 6) is -0.977. The molecule has 136 valence electrons. The molecule has 1 amide bonds. The van der Waals surface area contributed by atoms with Crippen LogP contribution in [-0.4, -0.2) is 23.5 Å². The molecule has 0 bridgehead atoms. The number of carboxylic acids is 1. The molecular formula is C23H21NO3. The van der Waals surface area contributed by atoms with E-state index in [1.54, 1.807) is 29.2 Å². The van der Waals surface area contributed by atoms with Crippen LogP contribution in [-0.2, 0) is 0 Å². The number of carboxylic acid groups (broad SMARTS) is 1. The predicted octanol–water partition coefficient (Wildman–Crippen LogP) is 5.11. The van der Waals surface area contributed by atoms with Gasteiger partial charge in [-0.3, -0.25) is 4.79 Å². The molecule has 0 radical (unpaired) electrons. The smallest absolute Gasteiger partial charge is 0.335 e. The third-order valence-electron chi connectivity index (χ3n) is 4.36. The largest absolute Gasteiger partial charge is 0.478 e. The number of carbonyl (C=O) groups excluding carboxylic acids is 1. The molecule has 4 heteroatoms. The van der Waals surface area contributed by atoms with Gasteiger partial charge < -0.3 is 10.0 Å². The Morgan fingerprint density at radius 2 is 1.30 bits per heavy atom. The highest BCUT2D eigenvalue weighted by Crippen LogP contribution is 2.22. The lowest BCUT2D eigenvalue weighted by molar-refractivity contribution is 0.0696. The molecule has 0 saturated heterocycles. The third-order valence-corrected chi connectivity index (χ3v) is 4.36. The van der Waals surface area contributed by atoms with Gasteiger partial charge in [-0.05, 0) is 53.9 Å². The Bertz CT molecular complexity index is 916. The quantitative estimate of drug-likeness (QED) is 0.665. The molecule has 0 saturated carbocycles. The number of nitrogens with zero attached hydrogens (tertiary/aromatic N) is 1. The Hall–Kier alpha value is -3.40. The van der Waals surface area contributed by atoms with E-state index in [2.05, 4.69) is 0 Å². The Morgan fingerprint density at radius 1 is 0.778 bits per heavy atom. The topological polar surface area (TPSA) is 57.6 Å². The van der Waals surface area contributed by atoms with Gasteiger partial charge >= 0.3 is 5.97 Å². The van der Waals surface area contributed by atoms with Crippen LogP contribution in [0.4, 0.5) is 5.69 Å². The highest BCUT2D eigenvalue weighted by molar-refractivity contribution is 6.06. The lowest BCUT2D eigenvalue weighted by atomic mass is 10.0. The molecule has 3 aromatic rings. The van der Waals surface area contributed by atoms with Crippen molar-refractivity contribution in [3.05, 3.63) is 90.0 Å². The van der Waals surface area contributed by atoms with Crippen LogP contribution in [0.25, 0.3) is 11.1 Å². The predicted molar refractivity (Wildman–Crippen MR) is 107 cm³/mol. The summed E-state index contributed by atoms with van der Waals surface area (Å²) >= 11 is 0. The molecule has 0 aliphatic rings. The van der Waals surface area contributed by atoms with Gasteiger partial charge in [-0.25, -0.2) is 4.79 Å². The summed E-state index contributed by atoms with van der Waals surface area (Å²) in [5, 5.41) is 8.99. The molecule has 0 fully saturated rings.